The zero-order chi connectivity index (χ0) is 21.1. The van der Waals surface area contributed by atoms with Crippen LogP contribution in [-0.2, 0) is 0 Å². The van der Waals surface area contributed by atoms with E-state index in [4.69, 9.17) is 15.9 Å². The van der Waals surface area contributed by atoms with Crippen molar-refractivity contribution < 1.29 is 4.74 Å². The van der Waals surface area contributed by atoms with E-state index in [0.29, 0.717) is 17.1 Å². The number of anilines is 3. The molecule has 4 rings (SSSR count). The van der Waals surface area contributed by atoms with Gasteiger partial charge < -0.3 is 15.8 Å². The lowest BCUT2D eigenvalue weighted by molar-refractivity contribution is 0.417. The number of benzene rings is 2. The first-order chi connectivity index (χ1) is 14.6. The first kappa shape index (κ1) is 19.6. The SMILES string of the molecule is COc1ccc(-c2ccccc2C)cc1Nc1ncnc(N)c1C(=N)c1ccsc1. The summed E-state index contributed by atoms with van der Waals surface area (Å²) in [4.78, 5) is 8.46. The number of nitrogens with one attached hydrogen (secondary N) is 2. The van der Waals surface area contributed by atoms with Crippen LogP contribution in [0.25, 0.3) is 11.1 Å². The topological polar surface area (TPSA) is 96.9 Å². The van der Waals surface area contributed by atoms with Crippen LogP contribution in [0.4, 0.5) is 17.3 Å². The Morgan fingerprint density at radius 2 is 1.97 bits per heavy atom. The third-order valence-corrected chi connectivity index (χ3v) is 5.53. The average Bonchev–Trinajstić information content (AvgIpc) is 3.29. The smallest absolute Gasteiger partial charge is 0.145 e. The minimum atomic E-state index is 0.248. The fraction of sp³-hybridized carbons (Fsp3) is 0.0870. The summed E-state index contributed by atoms with van der Waals surface area (Å²) in [6, 6.07) is 16.0. The molecular formula is C23H21N5OS. The van der Waals surface area contributed by atoms with Crippen molar-refractivity contribution in [1.29, 1.82) is 5.41 Å². The Morgan fingerprint density at radius 1 is 1.13 bits per heavy atom. The second-order valence-electron chi connectivity index (χ2n) is 6.72. The first-order valence-electron chi connectivity index (χ1n) is 9.31. The summed E-state index contributed by atoms with van der Waals surface area (Å²) in [5.41, 5.74) is 11.7. The Hall–Kier alpha value is -3.71. The van der Waals surface area contributed by atoms with Crippen molar-refractivity contribution in [3.05, 3.63) is 82.3 Å². The van der Waals surface area contributed by atoms with E-state index < -0.39 is 0 Å². The number of hydrogen-bond donors (Lipinski definition) is 3. The summed E-state index contributed by atoms with van der Waals surface area (Å²) in [6.45, 7) is 2.08. The van der Waals surface area contributed by atoms with Crippen molar-refractivity contribution in [2.24, 2.45) is 0 Å². The predicted octanol–water partition coefficient (Wildman–Crippen LogP) is 5.26. The van der Waals surface area contributed by atoms with Gasteiger partial charge in [-0.25, -0.2) is 9.97 Å². The summed E-state index contributed by atoms with van der Waals surface area (Å²) < 4.78 is 5.55. The van der Waals surface area contributed by atoms with Crippen LogP contribution >= 0.6 is 11.3 Å². The molecule has 2 aromatic carbocycles. The summed E-state index contributed by atoms with van der Waals surface area (Å²) in [7, 11) is 1.62. The van der Waals surface area contributed by atoms with Gasteiger partial charge in [0.15, 0.2) is 0 Å². The van der Waals surface area contributed by atoms with Crippen LogP contribution in [0.2, 0.25) is 0 Å². The largest absolute Gasteiger partial charge is 0.495 e. The highest BCUT2D eigenvalue weighted by Gasteiger charge is 2.18. The number of nitrogen functional groups attached to an aromatic ring is 1. The van der Waals surface area contributed by atoms with Gasteiger partial charge in [0.25, 0.3) is 0 Å². The predicted molar refractivity (Wildman–Crippen MR) is 123 cm³/mol. The normalized spacial score (nSPS) is 10.6. The van der Waals surface area contributed by atoms with Crippen LogP contribution in [0.1, 0.15) is 16.7 Å². The second kappa shape index (κ2) is 8.34. The molecule has 0 aliphatic rings. The third kappa shape index (κ3) is 3.75. The van der Waals surface area contributed by atoms with Crippen LogP contribution in [0, 0.1) is 12.3 Å². The molecule has 0 spiro atoms. The summed E-state index contributed by atoms with van der Waals surface area (Å²) in [5.74, 6) is 1.37. The van der Waals surface area contributed by atoms with Crippen molar-refractivity contribution in [1.82, 2.24) is 9.97 Å². The van der Waals surface area contributed by atoms with Gasteiger partial charge in [0.2, 0.25) is 0 Å². The van der Waals surface area contributed by atoms with E-state index in [0.717, 1.165) is 22.4 Å². The Labute approximate surface area is 178 Å². The molecule has 4 N–H and O–H groups in total. The minimum absolute atomic E-state index is 0.248. The van der Waals surface area contributed by atoms with E-state index in [1.165, 1.54) is 23.2 Å². The van der Waals surface area contributed by atoms with Crippen molar-refractivity contribution in [3.8, 4) is 16.9 Å². The number of aryl methyl sites for hydroxylation is 1. The minimum Gasteiger partial charge on any atom is -0.495 e. The van der Waals surface area contributed by atoms with Crippen LogP contribution < -0.4 is 15.8 Å². The summed E-state index contributed by atoms with van der Waals surface area (Å²) in [6.07, 6.45) is 1.39. The molecule has 0 fully saturated rings. The lowest BCUT2D eigenvalue weighted by Gasteiger charge is -2.16. The van der Waals surface area contributed by atoms with Crippen LogP contribution in [0.15, 0.2) is 65.6 Å². The van der Waals surface area contributed by atoms with Gasteiger partial charge in [0.1, 0.15) is 23.7 Å². The quantitative estimate of drug-likeness (QED) is 0.373. The fourth-order valence-electron chi connectivity index (χ4n) is 3.29. The van der Waals surface area contributed by atoms with Crippen molar-refractivity contribution in [2.45, 2.75) is 6.92 Å². The standard InChI is InChI=1S/C23H21N5OS/c1-14-5-3-4-6-17(14)15-7-8-19(29-2)18(11-15)28-23-20(22(25)26-13-27-23)21(24)16-9-10-30-12-16/h3-13,24H,1-2H3,(H3,25,26,27,28). The molecule has 150 valence electrons. The maximum absolute atomic E-state index is 8.61. The molecule has 0 atom stereocenters. The van der Waals surface area contributed by atoms with Crippen molar-refractivity contribution in [3.63, 3.8) is 0 Å². The highest BCUT2D eigenvalue weighted by molar-refractivity contribution is 7.08. The molecule has 0 saturated carbocycles. The maximum Gasteiger partial charge on any atom is 0.145 e. The number of hydrogen-bond acceptors (Lipinski definition) is 7. The van der Waals surface area contributed by atoms with Gasteiger partial charge >= 0.3 is 0 Å². The number of nitrogens with zero attached hydrogens (tertiary/aromatic N) is 2. The molecule has 0 aliphatic heterocycles. The molecule has 2 aromatic heterocycles. The molecule has 30 heavy (non-hydrogen) atoms. The third-order valence-electron chi connectivity index (χ3n) is 4.85. The number of aromatic nitrogens is 2. The second-order valence-corrected chi connectivity index (χ2v) is 7.50. The van der Waals surface area contributed by atoms with Crippen LogP contribution in [-0.4, -0.2) is 22.8 Å². The van der Waals surface area contributed by atoms with E-state index in [1.807, 2.05) is 47.2 Å². The van der Waals surface area contributed by atoms with Crippen LogP contribution in [0.5, 0.6) is 5.75 Å². The van der Waals surface area contributed by atoms with E-state index in [-0.39, 0.29) is 11.5 Å². The lowest BCUT2D eigenvalue weighted by atomic mass is 10.00. The zero-order valence-corrected chi connectivity index (χ0v) is 17.5. The molecule has 0 aliphatic carbocycles. The molecule has 7 heteroatoms. The molecule has 0 saturated heterocycles. The molecule has 4 aromatic rings. The summed E-state index contributed by atoms with van der Waals surface area (Å²) >= 11 is 1.52. The Morgan fingerprint density at radius 3 is 2.70 bits per heavy atom. The molecule has 0 amide bonds. The molecule has 2 heterocycles. The highest BCUT2D eigenvalue weighted by Crippen LogP contribution is 2.35. The Bertz CT molecular complexity index is 1200. The first-order valence-corrected chi connectivity index (χ1v) is 10.3. The van der Waals surface area contributed by atoms with E-state index >= 15 is 0 Å². The van der Waals surface area contributed by atoms with Gasteiger partial charge in [-0.2, -0.15) is 11.3 Å². The monoisotopic (exact) mass is 415 g/mol. The number of methoxy groups -OCH3 is 1. The molecule has 0 unspecified atom stereocenters. The molecule has 6 nitrogen and oxygen atoms in total. The molecule has 0 bridgehead atoms. The Balaban J connectivity index is 1.78. The van der Waals surface area contributed by atoms with Crippen molar-refractivity contribution in [2.75, 3.05) is 18.2 Å². The average molecular weight is 416 g/mol. The van der Waals surface area contributed by atoms with Gasteiger partial charge in [-0.1, -0.05) is 30.3 Å². The van der Waals surface area contributed by atoms with Gasteiger partial charge in [-0.3, -0.25) is 5.41 Å². The number of thiophene rings is 1. The van der Waals surface area contributed by atoms with Gasteiger partial charge in [-0.15, -0.1) is 0 Å². The summed E-state index contributed by atoms with van der Waals surface area (Å²) in [5, 5.41) is 15.7. The van der Waals surface area contributed by atoms with E-state index in [2.05, 4.69) is 34.3 Å². The van der Waals surface area contributed by atoms with Gasteiger partial charge in [0, 0.05) is 10.9 Å². The molecule has 0 radical (unpaired) electrons. The zero-order valence-electron chi connectivity index (χ0n) is 16.6. The number of nitrogens with two attached hydrogens (primary N) is 1. The maximum atomic E-state index is 8.61. The van der Waals surface area contributed by atoms with E-state index in [9.17, 15) is 0 Å². The fourth-order valence-corrected chi connectivity index (χ4v) is 3.94. The van der Waals surface area contributed by atoms with Gasteiger partial charge in [0.05, 0.1) is 24.1 Å². The molecular weight excluding hydrogens is 394 g/mol. The van der Waals surface area contributed by atoms with Crippen LogP contribution in [0.3, 0.4) is 0 Å². The van der Waals surface area contributed by atoms with E-state index in [1.54, 1.807) is 7.11 Å². The lowest BCUT2D eigenvalue weighted by Crippen LogP contribution is -2.12. The number of rotatable bonds is 6. The Kier molecular flexibility index (Phi) is 5.45. The highest BCUT2D eigenvalue weighted by atomic mass is 32.1. The van der Waals surface area contributed by atoms with Gasteiger partial charge in [-0.05, 0) is 47.2 Å². The number of ether oxygens (including phenoxy) is 1. The van der Waals surface area contributed by atoms with Crippen molar-refractivity contribution >= 4 is 34.4 Å².